The van der Waals surface area contributed by atoms with Gasteiger partial charge in [-0.1, -0.05) is 45.0 Å². The molecule has 18 atom stereocenters. The minimum atomic E-state index is -4.43. The van der Waals surface area contributed by atoms with Crippen molar-refractivity contribution in [3.05, 3.63) is 47.3 Å². The van der Waals surface area contributed by atoms with Gasteiger partial charge in [0.25, 0.3) is 0 Å². The molecule has 3 fully saturated rings. The van der Waals surface area contributed by atoms with Gasteiger partial charge in [0.15, 0.2) is 6.29 Å². The minimum absolute atomic E-state index is 0.0473. The van der Waals surface area contributed by atoms with Crippen LogP contribution in [0.15, 0.2) is 30.5 Å². The third-order valence-electron chi connectivity index (χ3n) is 15.4. The minimum Gasteiger partial charge on any atom is -0.459 e. The molecule has 0 saturated carbocycles. The van der Waals surface area contributed by atoms with E-state index in [-0.39, 0.29) is 38.2 Å². The number of esters is 1. The lowest BCUT2D eigenvalue weighted by Gasteiger charge is -2.49. The summed E-state index contributed by atoms with van der Waals surface area (Å²) in [5.41, 5.74) is -3.78. The van der Waals surface area contributed by atoms with Gasteiger partial charge in [-0.2, -0.15) is 13.2 Å². The lowest BCUT2D eigenvalue weighted by atomic mass is 9.74. The van der Waals surface area contributed by atoms with Gasteiger partial charge >= 0.3 is 12.1 Å². The van der Waals surface area contributed by atoms with Crippen molar-refractivity contribution < 1.29 is 76.3 Å². The van der Waals surface area contributed by atoms with Crippen LogP contribution in [0.5, 0.6) is 0 Å². The molecule has 17 nitrogen and oxygen atoms in total. The van der Waals surface area contributed by atoms with Gasteiger partial charge in [-0.3, -0.25) is 9.59 Å². The molecule has 0 unspecified atom stereocenters. The number of cyclic esters (lactones) is 1. The molecule has 20 heteroatoms. The normalized spacial score (nSPS) is 39.7. The summed E-state index contributed by atoms with van der Waals surface area (Å²) in [7, 11) is 4.86. The van der Waals surface area contributed by atoms with Crippen LogP contribution >= 0.6 is 0 Å². The zero-order valence-corrected chi connectivity index (χ0v) is 43.1. The number of nitrogens with zero attached hydrogens (tertiary/aromatic N) is 4. The number of Topliss-reactive ketones (excluding diaryl/α,β-unsaturated/α-hetero) is 1. The molecule has 4 heterocycles. The predicted octanol–water partition coefficient (Wildman–Crippen LogP) is 4.75. The molecule has 0 aliphatic carbocycles. The summed E-state index contributed by atoms with van der Waals surface area (Å²) in [4.78, 5) is 30.6. The van der Waals surface area contributed by atoms with Gasteiger partial charge in [-0.25, -0.2) is 4.68 Å². The molecular formula is C50H79F3N4O13. The molecule has 398 valence electrons. The summed E-state index contributed by atoms with van der Waals surface area (Å²) in [6, 6.07) is 4.39. The van der Waals surface area contributed by atoms with Crippen LogP contribution in [-0.4, -0.2) is 171 Å². The van der Waals surface area contributed by atoms with Crippen molar-refractivity contribution in [1.29, 1.82) is 0 Å². The summed E-state index contributed by atoms with van der Waals surface area (Å²) >= 11 is 0. The SMILES string of the molecule is CC[C@H]1OC(=O)[C@H](C)[C@@H](OC[C@H]2C[C@@](C)(OC)[C@@H](O)[C@H](C)O2)[C@H](C)[C@@H](O[C@@H]2O[C@H](C)C[C@H](N(C)CCc3cn(Cc4ccc(C(F)(F)F)cc4)nn3)[C@H]2O)[C@](C)(OC)C[C@@H](C)C(=O)[C@H](C)[C@@H](O)[C@]1(C)O. The van der Waals surface area contributed by atoms with Crippen molar-refractivity contribution in [2.24, 2.45) is 23.7 Å². The molecular weight excluding hydrogens is 922 g/mol. The van der Waals surface area contributed by atoms with Crippen molar-refractivity contribution in [2.45, 2.75) is 198 Å². The Hall–Kier alpha value is -3.15. The maximum atomic E-state index is 14.4. The average Bonchev–Trinajstić information content (AvgIpc) is 3.76. The molecule has 1 aromatic heterocycles. The second kappa shape index (κ2) is 23.4. The third kappa shape index (κ3) is 13.1. The average molecular weight is 1000 g/mol. The standard InChI is InChI=1S/C50H79F3N4O13/c1-14-38-49(10,63)42(60)29(4)39(58)27(2)22-48(9,65-13)44(30(5)41(31(6)45(62)69-38)66-26-36-23-47(8,64-12)43(61)32(7)68-36)70-46-40(59)37(21-28(3)67-46)56(11)20-19-35-25-57(55-54-35)24-33-15-17-34(18-16-33)50(51,52)53/h15-18,25,27-32,36-38,40-44,46,59-61,63H,14,19-24,26H2,1-13H3/t27-,28-,29+,30+,31-,32+,36-,37+,38-,40-,41+,42-,43+,44-,46+,47-,48-,49-/m1/s1. The van der Waals surface area contributed by atoms with Crippen molar-refractivity contribution in [3.63, 3.8) is 0 Å². The molecule has 3 aliphatic heterocycles. The molecule has 70 heavy (non-hydrogen) atoms. The number of alkyl halides is 3. The van der Waals surface area contributed by atoms with Crippen LogP contribution in [0.1, 0.15) is 112 Å². The van der Waals surface area contributed by atoms with Crippen LogP contribution in [0.2, 0.25) is 0 Å². The van der Waals surface area contributed by atoms with Gasteiger partial charge in [0.2, 0.25) is 0 Å². The maximum absolute atomic E-state index is 14.4. The van der Waals surface area contributed by atoms with Gasteiger partial charge in [-0.05, 0) is 85.5 Å². The first-order chi connectivity index (χ1) is 32.6. The Labute approximate surface area is 410 Å². The largest absolute Gasteiger partial charge is 0.459 e. The number of hydrogen-bond acceptors (Lipinski definition) is 16. The highest BCUT2D eigenvalue weighted by atomic mass is 19.4. The molecule has 4 N–H and O–H groups in total. The topological polar surface area (TPSA) is 214 Å². The highest BCUT2D eigenvalue weighted by molar-refractivity contribution is 5.83. The summed E-state index contributed by atoms with van der Waals surface area (Å²) < 4.78 is 85.3. The highest BCUT2D eigenvalue weighted by Crippen LogP contribution is 2.41. The zero-order chi connectivity index (χ0) is 52.3. The third-order valence-corrected chi connectivity index (χ3v) is 15.4. The molecule has 0 radical (unpaired) electrons. The van der Waals surface area contributed by atoms with Gasteiger partial charge in [0, 0.05) is 63.6 Å². The molecule has 0 amide bonds. The van der Waals surface area contributed by atoms with Crippen molar-refractivity contribution >= 4 is 11.8 Å². The number of carbonyl (C=O) groups is 2. The van der Waals surface area contributed by atoms with Gasteiger partial charge in [-0.15, -0.1) is 5.10 Å². The Morgan fingerprint density at radius 3 is 2.16 bits per heavy atom. The van der Waals surface area contributed by atoms with E-state index in [0.717, 1.165) is 12.1 Å². The molecule has 3 saturated heterocycles. The van der Waals surface area contributed by atoms with Crippen LogP contribution in [0.4, 0.5) is 13.2 Å². The van der Waals surface area contributed by atoms with E-state index in [1.165, 1.54) is 40.2 Å². The number of rotatable bonds is 14. The number of likely N-dealkylation sites (N-methyl/N-ethyl adjacent to an activating group) is 1. The van der Waals surface area contributed by atoms with Crippen molar-refractivity contribution in [3.8, 4) is 0 Å². The number of hydrogen-bond donors (Lipinski definition) is 4. The fourth-order valence-corrected chi connectivity index (χ4v) is 10.8. The zero-order valence-electron chi connectivity index (χ0n) is 43.1. The van der Waals surface area contributed by atoms with E-state index in [1.54, 1.807) is 52.4 Å². The van der Waals surface area contributed by atoms with E-state index in [2.05, 4.69) is 10.3 Å². The maximum Gasteiger partial charge on any atom is 0.416 e. The molecule has 3 aliphatic rings. The Morgan fingerprint density at radius 1 is 0.914 bits per heavy atom. The van der Waals surface area contributed by atoms with Crippen LogP contribution in [0.3, 0.4) is 0 Å². The molecule has 0 spiro atoms. The quantitative estimate of drug-likeness (QED) is 0.188. The lowest BCUT2D eigenvalue weighted by molar-refractivity contribution is -0.304. The summed E-state index contributed by atoms with van der Waals surface area (Å²) in [5.74, 6) is -4.74. The van der Waals surface area contributed by atoms with Crippen LogP contribution < -0.4 is 0 Å². The summed E-state index contributed by atoms with van der Waals surface area (Å²) in [6.07, 6.45) is -11.3. The van der Waals surface area contributed by atoms with Crippen LogP contribution in [0.25, 0.3) is 0 Å². The summed E-state index contributed by atoms with van der Waals surface area (Å²) in [6.45, 7) is 17.6. The highest BCUT2D eigenvalue weighted by Gasteiger charge is 2.53. The number of ketones is 1. The number of ether oxygens (including phenoxy) is 7. The van der Waals surface area contributed by atoms with Gasteiger partial charge in [0.05, 0.1) is 78.2 Å². The van der Waals surface area contributed by atoms with E-state index in [9.17, 15) is 43.2 Å². The fraction of sp³-hybridized carbons (Fsp3) is 0.800. The van der Waals surface area contributed by atoms with E-state index < -0.39 is 125 Å². The lowest BCUT2D eigenvalue weighted by Crippen LogP contribution is -2.61. The first-order valence-electron chi connectivity index (χ1n) is 24.5. The van der Waals surface area contributed by atoms with E-state index in [1.807, 2.05) is 25.8 Å². The monoisotopic (exact) mass is 1000 g/mol. The number of halogens is 3. The molecule has 0 bridgehead atoms. The smallest absolute Gasteiger partial charge is 0.416 e. The van der Waals surface area contributed by atoms with E-state index >= 15 is 0 Å². The van der Waals surface area contributed by atoms with Gasteiger partial charge < -0.3 is 58.5 Å². The molecule has 1 aromatic carbocycles. The van der Waals surface area contributed by atoms with Crippen molar-refractivity contribution in [1.82, 2.24) is 19.9 Å². The second-order valence-corrected chi connectivity index (χ2v) is 20.9. The molecule has 2 aromatic rings. The second-order valence-electron chi connectivity index (χ2n) is 20.9. The van der Waals surface area contributed by atoms with E-state index in [0.29, 0.717) is 30.6 Å². The first kappa shape index (κ1) is 57.7. The van der Waals surface area contributed by atoms with Crippen LogP contribution in [-0.2, 0) is 61.9 Å². The Kier molecular flexibility index (Phi) is 19.3. The summed E-state index contributed by atoms with van der Waals surface area (Å²) in [5, 5.41) is 55.0. The number of carbonyl (C=O) groups excluding carboxylic acids is 2. The fourth-order valence-electron chi connectivity index (χ4n) is 10.8. The van der Waals surface area contributed by atoms with Gasteiger partial charge in [0.1, 0.15) is 29.7 Å². The number of aliphatic hydroxyl groups is 4. The van der Waals surface area contributed by atoms with Crippen molar-refractivity contribution in [2.75, 3.05) is 34.4 Å². The first-order valence-corrected chi connectivity index (χ1v) is 24.5. The number of methoxy groups -OCH3 is 2. The Balaban J connectivity index is 1.44. The Morgan fingerprint density at radius 2 is 1.56 bits per heavy atom. The number of aromatic nitrogens is 3. The van der Waals surface area contributed by atoms with Crippen LogP contribution in [0, 0.1) is 23.7 Å². The molecule has 5 rings (SSSR count). The Bertz CT molecular complexity index is 2010. The number of benzene rings is 1. The van der Waals surface area contributed by atoms with E-state index in [4.69, 9.17) is 33.2 Å². The number of aliphatic hydroxyl groups excluding tert-OH is 3. The predicted molar refractivity (Wildman–Crippen MR) is 249 cm³/mol.